The number of rotatable bonds is 4. The van der Waals surface area contributed by atoms with Crippen LogP contribution in [-0.4, -0.2) is 30.7 Å². The molecule has 0 atom stereocenters. The molecule has 96 valence electrons. The third kappa shape index (κ3) is 2.45. The number of hydrogen-bond donors (Lipinski definition) is 1. The highest BCUT2D eigenvalue weighted by molar-refractivity contribution is 7.98. The molecule has 0 unspecified atom stereocenters. The largest absolute Gasteiger partial charge is 0.476 e. The second-order valence-electron chi connectivity index (χ2n) is 3.65. The molecule has 19 heavy (non-hydrogen) atoms. The maximum absolute atomic E-state index is 10.7. The van der Waals surface area contributed by atoms with E-state index in [4.69, 9.17) is 5.11 Å². The van der Waals surface area contributed by atoms with E-state index in [0.717, 1.165) is 27.8 Å². The summed E-state index contributed by atoms with van der Waals surface area (Å²) in [5.74, 6) is -0.423. The molecule has 6 nitrogen and oxygen atoms in total. The average Bonchev–Trinajstić information content (AvgIpc) is 3.03. The van der Waals surface area contributed by atoms with Crippen LogP contribution in [0.4, 0.5) is 0 Å². The number of pyridine rings is 1. The summed E-state index contributed by atoms with van der Waals surface area (Å²) in [6.45, 7) is 0. The molecule has 8 heteroatoms. The van der Waals surface area contributed by atoms with E-state index in [-0.39, 0.29) is 5.01 Å². The van der Waals surface area contributed by atoms with Gasteiger partial charge in [-0.05, 0) is 12.1 Å². The molecule has 3 aromatic heterocycles. The lowest BCUT2D eigenvalue weighted by Gasteiger charge is -1.97. The van der Waals surface area contributed by atoms with Crippen LogP contribution in [0.5, 0.6) is 0 Å². The summed E-state index contributed by atoms with van der Waals surface area (Å²) < 4.78 is 1.88. The minimum atomic E-state index is -0.992. The Hall–Kier alpha value is -1.93. The van der Waals surface area contributed by atoms with Crippen LogP contribution in [0.15, 0.2) is 34.9 Å². The molecule has 0 aliphatic carbocycles. The zero-order valence-corrected chi connectivity index (χ0v) is 11.2. The number of aromatic nitrogens is 4. The van der Waals surface area contributed by atoms with Crippen molar-refractivity contribution in [3.05, 3.63) is 40.5 Å². The van der Waals surface area contributed by atoms with Crippen molar-refractivity contribution in [3.63, 3.8) is 0 Å². The number of aromatic carboxylic acids is 1. The highest BCUT2D eigenvalue weighted by atomic mass is 32.2. The Morgan fingerprint density at radius 1 is 1.42 bits per heavy atom. The van der Waals surface area contributed by atoms with Crippen molar-refractivity contribution < 1.29 is 9.90 Å². The number of carboxylic acid groups (broad SMARTS) is 1. The van der Waals surface area contributed by atoms with Crippen molar-refractivity contribution >= 4 is 34.7 Å². The van der Waals surface area contributed by atoms with E-state index in [1.54, 1.807) is 5.38 Å². The SMILES string of the molecule is O=C(O)c1nc(CSc2nnc3ccccn23)cs1. The summed E-state index contributed by atoms with van der Waals surface area (Å²) in [6, 6.07) is 5.69. The fraction of sp³-hybridized carbons (Fsp3) is 0.0909. The van der Waals surface area contributed by atoms with E-state index in [1.165, 1.54) is 11.8 Å². The van der Waals surface area contributed by atoms with Crippen LogP contribution >= 0.6 is 23.1 Å². The van der Waals surface area contributed by atoms with Gasteiger partial charge in [0.15, 0.2) is 10.8 Å². The average molecular weight is 292 g/mol. The second kappa shape index (κ2) is 4.98. The van der Waals surface area contributed by atoms with Gasteiger partial charge in [0.05, 0.1) is 5.69 Å². The predicted molar refractivity (Wildman–Crippen MR) is 71.6 cm³/mol. The molecule has 0 saturated heterocycles. The number of hydrogen-bond acceptors (Lipinski definition) is 6. The van der Waals surface area contributed by atoms with Crippen LogP contribution in [-0.2, 0) is 5.75 Å². The Balaban J connectivity index is 1.76. The summed E-state index contributed by atoms with van der Waals surface area (Å²) >= 11 is 2.61. The van der Waals surface area contributed by atoms with Gasteiger partial charge in [-0.3, -0.25) is 4.40 Å². The third-order valence-corrected chi connectivity index (χ3v) is 4.22. The van der Waals surface area contributed by atoms with Crippen LogP contribution in [0.1, 0.15) is 15.5 Å². The molecular formula is C11H8N4O2S2. The first kappa shape index (κ1) is 12.1. The first-order chi connectivity index (χ1) is 9.24. The Bertz CT molecular complexity index is 737. The minimum absolute atomic E-state index is 0.113. The van der Waals surface area contributed by atoms with E-state index >= 15 is 0 Å². The summed E-state index contributed by atoms with van der Waals surface area (Å²) in [4.78, 5) is 14.8. The quantitative estimate of drug-likeness (QED) is 0.742. The maximum atomic E-state index is 10.7. The summed E-state index contributed by atoms with van der Waals surface area (Å²) in [6.07, 6.45) is 1.89. The molecule has 0 fully saturated rings. The molecule has 1 N–H and O–H groups in total. The van der Waals surface area contributed by atoms with Gasteiger partial charge in [-0.1, -0.05) is 17.8 Å². The van der Waals surface area contributed by atoms with Crippen LogP contribution in [0.25, 0.3) is 5.65 Å². The topological polar surface area (TPSA) is 80.4 Å². The number of nitrogens with zero attached hydrogens (tertiary/aromatic N) is 4. The highest BCUT2D eigenvalue weighted by Crippen LogP contribution is 2.22. The molecule has 0 aromatic carbocycles. The lowest BCUT2D eigenvalue weighted by atomic mass is 10.5. The number of thioether (sulfide) groups is 1. The van der Waals surface area contributed by atoms with E-state index in [9.17, 15) is 4.79 Å². The summed E-state index contributed by atoms with van der Waals surface area (Å²) in [5.41, 5.74) is 1.52. The monoisotopic (exact) mass is 292 g/mol. The predicted octanol–water partition coefficient (Wildman–Crippen LogP) is 2.18. The Kier molecular flexibility index (Phi) is 3.18. The van der Waals surface area contributed by atoms with E-state index in [0.29, 0.717) is 5.75 Å². The van der Waals surface area contributed by atoms with Crippen molar-refractivity contribution in [2.24, 2.45) is 0 Å². The van der Waals surface area contributed by atoms with Gasteiger partial charge in [0.2, 0.25) is 5.01 Å². The van der Waals surface area contributed by atoms with E-state index in [2.05, 4.69) is 15.2 Å². The zero-order valence-electron chi connectivity index (χ0n) is 9.55. The molecular weight excluding hydrogens is 284 g/mol. The lowest BCUT2D eigenvalue weighted by Crippen LogP contribution is -1.95. The van der Waals surface area contributed by atoms with Crippen molar-refractivity contribution in [2.75, 3.05) is 0 Å². The highest BCUT2D eigenvalue weighted by Gasteiger charge is 2.11. The Morgan fingerprint density at radius 2 is 2.32 bits per heavy atom. The van der Waals surface area contributed by atoms with Crippen LogP contribution in [0.3, 0.4) is 0 Å². The van der Waals surface area contributed by atoms with Crippen molar-refractivity contribution in [1.29, 1.82) is 0 Å². The molecule has 0 radical (unpaired) electrons. The molecule has 3 heterocycles. The Morgan fingerprint density at radius 3 is 3.11 bits per heavy atom. The van der Waals surface area contributed by atoms with E-state index < -0.39 is 5.97 Å². The van der Waals surface area contributed by atoms with Gasteiger partial charge in [-0.15, -0.1) is 21.5 Å². The molecule has 0 amide bonds. The minimum Gasteiger partial charge on any atom is -0.476 e. The Labute approximate surface area is 116 Å². The van der Waals surface area contributed by atoms with Gasteiger partial charge in [0.1, 0.15) is 0 Å². The molecule has 0 aliphatic rings. The molecule has 0 spiro atoms. The molecule has 0 saturated carbocycles. The first-order valence-electron chi connectivity index (χ1n) is 5.34. The molecule has 3 aromatic rings. The molecule has 0 bridgehead atoms. The van der Waals surface area contributed by atoms with E-state index in [1.807, 2.05) is 28.8 Å². The standard InChI is InChI=1S/C11H8N4O2S2/c16-10(17)9-12-7(5-18-9)6-19-11-14-13-8-3-1-2-4-15(8)11/h1-5H,6H2,(H,16,17). The number of thiazole rings is 1. The fourth-order valence-corrected chi connectivity index (χ4v) is 3.10. The third-order valence-electron chi connectivity index (χ3n) is 2.37. The fourth-order valence-electron chi connectivity index (χ4n) is 1.53. The van der Waals surface area contributed by atoms with Gasteiger partial charge in [-0.2, -0.15) is 0 Å². The number of carboxylic acids is 1. The lowest BCUT2D eigenvalue weighted by molar-refractivity contribution is 0.0696. The summed E-state index contributed by atoms with van der Waals surface area (Å²) in [5, 5.41) is 19.6. The first-order valence-corrected chi connectivity index (χ1v) is 7.21. The number of carbonyl (C=O) groups is 1. The van der Waals surface area contributed by atoms with Gasteiger partial charge >= 0.3 is 5.97 Å². The molecule has 0 aliphatic heterocycles. The van der Waals surface area contributed by atoms with Crippen LogP contribution < -0.4 is 0 Å². The van der Waals surface area contributed by atoms with Crippen LogP contribution in [0, 0.1) is 0 Å². The molecule has 3 rings (SSSR count). The van der Waals surface area contributed by atoms with Gasteiger partial charge < -0.3 is 5.11 Å². The summed E-state index contributed by atoms with van der Waals surface area (Å²) in [7, 11) is 0. The van der Waals surface area contributed by atoms with Crippen molar-refractivity contribution in [3.8, 4) is 0 Å². The smallest absolute Gasteiger partial charge is 0.365 e. The second-order valence-corrected chi connectivity index (χ2v) is 5.45. The number of fused-ring (bicyclic) bond motifs is 1. The zero-order chi connectivity index (χ0) is 13.2. The van der Waals surface area contributed by atoms with Gasteiger partial charge in [0, 0.05) is 17.3 Å². The van der Waals surface area contributed by atoms with Crippen molar-refractivity contribution in [2.45, 2.75) is 10.9 Å². The van der Waals surface area contributed by atoms with Gasteiger partial charge in [-0.25, -0.2) is 9.78 Å². The normalized spacial score (nSPS) is 10.9. The van der Waals surface area contributed by atoms with Gasteiger partial charge in [0.25, 0.3) is 0 Å². The van der Waals surface area contributed by atoms with Crippen molar-refractivity contribution in [1.82, 2.24) is 19.6 Å². The van der Waals surface area contributed by atoms with Crippen LogP contribution in [0.2, 0.25) is 0 Å². The maximum Gasteiger partial charge on any atom is 0.365 e.